The number of halogens is 3. The molecule has 1 aliphatic heterocycles. The lowest BCUT2D eigenvalue weighted by atomic mass is 10.1. The molecule has 8 nitrogen and oxygen atoms in total. The minimum atomic E-state index is -4.75. The standard InChI is InChI=1S/C18H21F3N4O4/c1-25-10-12(22-15(26)7-8-27-2)9-14(25)17-23-16(24-29-17)11-3-5-13(6-4-11)28-18(19,20)21/h3-6,12,14H,7-10H2,1-2H3,(H,22,26)/t12-,14-/m0/s1. The first-order chi connectivity index (χ1) is 13.7. The zero-order valence-electron chi connectivity index (χ0n) is 15.9. The number of benzene rings is 1. The summed E-state index contributed by atoms with van der Waals surface area (Å²) < 4.78 is 50.9. The minimum Gasteiger partial charge on any atom is -0.406 e. The summed E-state index contributed by atoms with van der Waals surface area (Å²) in [6.07, 6.45) is -3.85. The zero-order chi connectivity index (χ0) is 21.0. The van der Waals surface area contributed by atoms with Crippen LogP contribution in [-0.4, -0.2) is 60.7 Å². The molecule has 0 bridgehead atoms. The van der Waals surface area contributed by atoms with Crippen LogP contribution in [0.2, 0.25) is 0 Å². The topological polar surface area (TPSA) is 89.7 Å². The van der Waals surface area contributed by atoms with Gasteiger partial charge in [-0.1, -0.05) is 5.16 Å². The van der Waals surface area contributed by atoms with E-state index in [-0.39, 0.29) is 29.6 Å². The van der Waals surface area contributed by atoms with Crippen LogP contribution < -0.4 is 10.1 Å². The van der Waals surface area contributed by atoms with E-state index in [1.165, 1.54) is 31.4 Å². The molecule has 0 radical (unpaired) electrons. The Morgan fingerprint density at radius 3 is 2.72 bits per heavy atom. The second-order valence-corrected chi connectivity index (χ2v) is 6.73. The monoisotopic (exact) mass is 414 g/mol. The van der Waals surface area contributed by atoms with Gasteiger partial charge < -0.3 is 19.3 Å². The Bertz CT molecular complexity index is 825. The highest BCUT2D eigenvalue weighted by molar-refractivity contribution is 5.76. The highest BCUT2D eigenvalue weighted by Crippen LogP contribution is 2.31. The number of hydrogen-bond acceptors (Lipinski definition) is 7. The summed E-state index contributed by atoms with van der Waals surface area (Å²) in [5.74, 6) is 0.233. The Labute approximate surface area is 165 Å². The number of alkyl halides is 3. The number of amides is 1. The molecule has 0 spiro atoms. The summed E-state index contributed by atoms with van der Waals surface area (Å²) in [4.78, 5) is 18.2. The molecular weight excluding hydrogens is 393 g/mol. The van der Waals surface area contributed by atoms with Crippen LogP contribution in [0.15, 0.2) is 28.8 Å². The number of carbonyl (C=O) groups is 1. The van der Waals surface area contributed by atoms with E-state index in [2.05, 4.69) is 20.2 Å². The van der Waals surface area contributed by atoms with Gasteiger partial charge in [0.2, 0.25) is 17.6 Å². The van der Waals surface area contributed by atoms with E-state index in [9.17, 15) is 18.0 Å². The van der Waals surface area contributed by atoms with Crippen LogP contribution >= 0.6 is 0 Å². The molecule has 158 valence electrons. The van der Waals surface area contributed by atoms with Crippen molar-refractivity contribution in [3.63, 3.8) is 0 Å². The largest absolute Gasteiger partial charge is 0.573 e. The summed E-state index contributed by atoms with van der Waals surface area (Å²) in [6, 6.07) is 5.00. The van der Waals surface area contributed by atoms with Gasteiger partial charge in [0.1, 0.15) is 5.75 Å². The molecule has 2 aromatic rings. The highest BCUT2D eigenvalue weighted by Gasteiger charge is 2.35. The molecule has 11 heteroatoms. The van der Waals surface area contributed by atoms with Crippen molar-refractivity contribution < 1.29 is 32.0 Å². The van der Waals surface area contributed by atoms with Gasteiger partial charge in [0.05, 0.1) is 12.6 Å². The van der Waals surface area contributed by atoms with Gasteiger partial charge in [-0.25, -0.2) is 0 Å². The Morgan fingerprint density at radius 1 is 1.34 bits per heavy atom. The number of ether oxygens (including phenoxy) is 2. The fraction of sp³-hybridized carbons (Fsp3) is 0.500. The quantitative estimate of drug-likeness (QED) is 0.745. The number of likely N-dealkylation sites (tertiary alicyclic amines) is 1. The van der Waals surface area contributed by atoms with Gasteiger partial charge >= 0.3 is 6.36 Å². The SMILES string of the molecule is COCCC(=O)N[C@H]1C[C@@H](c2nc(-c3ccc(OC(F)(F)F)cc3)no2)N(C)C1. The minimum absolute atomic E-state index is 0.0523. The number of rotatable bonds is 7. The Morgan fingerprint density at radius 2 is 2.07 bits per heavy atom. The van der Waals surface area contributed by atoms with Crippen LogP contribution in [0.3, 0.4) is 0 Å². The van der Waals surface area contributed by atoms with E-state index in [4.69, 9.17) is 9.26 Å². The maximum atomic E-state index is 12.3. The van der Waals surface area contributed by atoms with Crippen LogP contribution in [0.5, 0.6) is 5.75 Å². The molecule has 2 atom stereocenters. The average Bonchev–Trinajstić information content (AvgIpc) is 3.26. The number of hydrogen-bond donors (Lipinski definition) is 1. The molecule has 0 aliphatic carbocycles. The summed E-state index contributed by atoms with van der Waals surface area (Å²) in [6.45, 7) is 0.988. The second-order valence-electron chi connectivity index (χ2n) is 6.73. The number of nitrogens with zero attached hydrogens (tertiary/aromatic N) is 3. The fourth-order valence-corrected chi connectivity index (χ4v) is 3.18. The number of nitrogens with one attached hydrogen (secondary N) is 1. The lowest BCUT2D eigenvalue weighted by Gasteiger charge is -2.14. The van der Waals surface area contributed by atoms with Crippen LogP contribution in [0.1, 0.15) is 24.8 Å². The van der Waals surface area contributed by atoms with Crippen molar-refractivity contribution in [2.45, 2.75) is 31.3 Å². The molecule has 1 amide bonds. The van der Waals surface area contributed by atoms with Crippen molar-refractivity contribution in [1.82, 2.24) is 20.4 Å². The van der Waals surface area contributed by atoms with Crippen molar-refractivity contribution in [3.05, 3.63) is 30.2 Å². The molecule has 1 saturated heterocycles. The molecule has 2 heterocycles. The lowest BCUT2D eigenvalue weighted by molar-refractivity contribution is -0.274. The molecule has 0 unspecified atom stereocenters. The second kappa shape index (κ2) is 8.78. The Kier molecular flexibility index (Phi) is 6.38. The molecule has 1 fully saturated rings. The van der Waals surface area contributed by atoms with E-state index in [1.807, 2.05) is 11.9 Å². The Hall–Kier alpha value is -2.66. The predicted octanol–water partition coefficient (Wildman–Crippen LogP) is 2.53. The van der Waals surface area contributed by atoms with E-state index in [0.717, 1.165) is 0 Å². The van der Waals surface area contributed by atoms with E-state index < -0.39 is 6.36 Å². The third-order valence-electron chi connectivity index (χ3n) is 4.52. The molecular formula is C18H21F3N4O4. The van der Waals surface area contributed by atoms with Crippen LogP contribution in [0, 0.1) is 0 Å². The van der Waals surface area contributed by atoms with Crippen molar-refractivity contribution in [1.29, 1.82) is 0 Å². The van der Waals surface area contributed by atoms with Crippen molar-refractivity contribution in [2.24, 2.45) is 0 Å². The third-order valence-corrected chi connectivity index (χ3v) is 4.52. The number of methoxy groups -OCH3 is 1. The Balaban J connectivity index is 1.63. The van der Waals surface area contributed by atoms with Gasteiger partial charge in [-0.2, -0.15) is 4.98 Å². The fourth-order valence-electron chi connectivity index (χ4n) is 3.18. The first-order valence-corrected chi connectivity index (χ1v) is 8.93. The summed E-state index contributed by atoms with van der Waals surface area (Å²) in [7, 11) is 3.43. The zero-order valence-corrected chi connectivity index (χ0v) is 15.9. The van der Waals surface area contributed by atoms with Gasteiger partial charge in [-0.15, -0.1) is 13.2 Å². The van der Waals surface area contributed by atoms with Gasteiger partial charge in [0, 0.05) is 31.7 Å². The van der Waals surface area contributed by atoms with Crippen molar-refractivity contribution in [3.8, 4) is 17.1 Å². The third kappa shape index (κ3) is 5.67. The van der Waals surface area contributed by atoms with E-state index >= 15 is 0 Å². The summed E-state index contributed by atoms with van der Waals surface area (Å²) >= 11 is 0. The van der Waals surface area contributed by atoms with E-state index in [0.29, 0.717) is 37.4 Å². The normalized spacial score (nSPS) is 20.0. The molecule has 3 rings (SSSR count). The number of likely N-dealkylation sites (N-methyl/N-ethyl adjacent to an activating group) is 1. The van der Waals surface area contributed by atoms with Crippen LogP contribution in [0.25, 0.3) is 11.4 Å². The molecule has 1 N–H and O–H groups in total. The maximum Gasteiger partial charge on any atom is 0.573 e. The lowest BCUT2D eigenvalue weighted by Crippen LogP contribution is -2.36. The smallest absolute Gasteiger partial charge is 0.406 e. The van der Waals surface area contributed by atoms with Gasteiger partial charge in [-0.05, 0) is 37.7 Å². The van der Waals surface area contributed by atoms with Crippen molar-refractivity contribution >= 4 is 5.91 Å². The van der Waals surface area contributed by atoms with Crippen LogP contribution in [-0.2, 0) is 9.53 Å². The molecule has 1 aromatic carbocycles. The number of aromatic nitrogens is 2. The predicted molar refractivity (Wildman–Crippen MR) is 94.8 cm³/mol. The molecule has 1 aliphatic rings. The maximum absolute atomic E-state index is 12.3. The first-order valence-electron chi connectivity index (χ1n) is 8.93. The van der Waals surface area contributed by atoms with Crippen LogP contribution in [0.4, 0.5) is 13.2 Å². The average molecular weight is 414 g/mol. The molecule has 0 saturated carbocycles. The summed E-state index contributed by atoms with van der Waals surface area (Å²) in [5.41, 5.74) is 0.500. The molecule has 29 heavy (non-hydrogen) atoms. The highest BCUT2D eigenvalue weighted by atomic mass is 19.4. The van der Waals surface area contributed by atoms with Gasteiger partial charge in [0.25, 0.3) is 0 Å². The summed E-state index contributed by atoms with van der Waals surface area (Å²) in [5, 5.41) is 6.87. The van der Waals surface area contributed by atoms with Gasteiger partial charge in [-0.3, -0.25) is 9.69 Å². The van der Waals surface area contributed by atoms with Gasteiger partial charge in [0.15, 0.2) is 0 Å². The first kappa shape index (κ1) is 21.1. The molecule has 1 aromatic heterocycles. The van der Waals surface area contributed by atoms with Crippen molar-refractivity contribution in [2.75, 3.05) is 27.3 Å². The number of carbonyl (C=O) groups excluding carboxylic acids is 1. The van der Waals surface area contributed by atoms with E-state index in [1.54, 1.807) is 0 Å².